The number of allylic oxidation sites excluding steroid dienone is 1. The number of rotatable bonds is 2. The van der Waals surface area contributed by atoms with Crippen molar-refractivity contribution in [1.82, 2.24) is 0 Å². The van der Waals surface area contributed by atoms with Gasteiger partial charge in [0.25, 0.3) is 0 Å². The maximum absolute atomic E-state index is 11.3. The second-order valence-electron chi connectivity index (χ2n) is 2.76. The second kappa shape index (κ2) is 4.41. The van der Waals surface area contributed by atoms with Crippen LogP contribution in [0.2, 0.25) is 0 Å². The highest BCUT2D eigenvalue weighted by Crippen LogP contribution is 2.21. The Labute approximate surface area is 84.7 Å². The van der Waals surface area contributed by atoms with E-state index in [9.17, 15) is 14.1 Å². The van der Waals surface area contributed by atoms with Crippen LogP contribution >= 0.6 is 0 Å². The van der Waals surface area contributed by atoms with Gasteiger partial charge >= 0.3 is 5.97 Å². The van der Waals surface area contributed by atoms with Crippen LogP contribution in [-0.2, 0) is 20.3 Å². The molecule has 0 bridgehead atoms. The van der Waals surface area contributed by atoms with Gasteiger partial charge in [0.1, 0.15) is 5.76 Å². The highest BCUT2D eigenvalue weighted by molar-refractivity contribution is 7.89. The number of aliphatic hydroxyl groups excluding tert-OH is 1. The standard InChI is InChI=1S/C9H12O4S/c1-3-13-9(11)7-4-5-14(12)6(2)8(7)10/h4,10H,3,5H2,1-2H3/t14-/m0/s1. The Morgan fingerprint density at radius 3 is 2.93 bits per heavy atom. The molecule has 1 heterocycles. The number of carbonyl (C=O) groups excluding carboxylic acids is 1. The topological polar surface area (TPSA) is 63.6 Å². The lowest BCUT2D eigenvalue weighted by Crippen LogP contribution is -2.16. The number of hydrogen-bond donors (Lipinski definition) is 1. The molecule has 5 heteroatoms. The Kier molecular flexibility index (Phi) is 3.46. The lowest BCUT2D eigenvalue weighted by molar-refractivity contribution is -0.138. The Morgan fingerprint density at radius 1 is 1.71 bits per heavy atom. The summed E-state index contributed by atoms with van der Waals surface area (Å²) in [6, 6.07) is 0. The third-order valence-electron chi connectivity index (χ3n) is 1.86. The molecule has 0 unspecified atom stereocenters. The van der Waals surface area contributed by atoms with Crippen LogP contribution in [0, 0.1) is 0 Å². The fourth-order valence-corrected chi connectivity index (χ4v) is 1.96. The zero-order chi connectivity index (χ0) is 10.7. The van der Waals surface area contributed by atoms with Crippen molar-refractivity contribution in [2.24, 2.45) is 0 Å². The first-order chi connectivity index (χ1) is 6.57. The largest absolute Gasteiger partial charge is 0.506 e. The van der Waals surface area contributed by atoms with E-state index in [2.05, 4.69) is 0 Å². The van der Waals surface area contributed by atoms with Gasteiger partial charge in [0.15, 0.2) is 0 Å². The molecule has 0 saturated carbocycles. The zero-order valence-corrected chi connectivity index (χ0v) is 8.89. The Balaban J connectivity index is 2.93. The van der Waals surface area contributed by atoms with Crippen molar-refractivity contribution >= 4 is 16.8 Å². The van der Waals surface area contributed by atoms with E-state index in [-0.39, 0.29) is 23.7 Å². The lowest BCUT2D eigenvalue weighted by Gasteiger charge is -2.13. The van der Waals surface area contributed by atoms with Crippen molar-refractivity contribution in [1.29, 1.82) is 0 Å². The third-order valence-corrected chi connectivity index (χ3v) is 3.21. The van der Waals surface area contributed by atoms with Crippen molar-refractivity contribution < 1.29 is 18.8 Å². The molecule has 0 saturated heterocycles. The Morgan fingerprint density at radius 2 is 2.36 bits per heavy atom. The minimum atomic E-state index is -1.21. The van der Waals surface area contributed by atoms with Gasteiger partial charge in [-0.3, -0.25) is 4.21 Å². The summed E-state index contributed by atoms with van der Waals surface area (Å²) in [6.45, 7) is 3.48. The molecule has 1 aliphatic rings. The molecule has 0 aromatic heterocycles. The van der Waals surface area contributed by atoms with Gasteiger partial charge in [0.2, 0.25) is 0 Å². The van der Waals surface area contributed by atoms with Gasteiger partial charge in [-0.15, -0.1) is 0 Å². The highest BCUT2D eigenvalue weighted by atomic mass is 32.2. The summed E-state index contributed by atoms with van der Waals surface area (Å²) in [5, 5.41) is 9.52. The Bertz CT molecular complexity index is 341. The minimum absolute atomic E-state index is 0.115. The molecule has 0 aromatic carbocycles. The molecular formula is C9H12O4S. The molecule has 0 aromatic rings. The third kappa shape index (κ3) is 2.04. The fourth-order valence-electron chi connectivity index (χ4n) is 1.07. The zero-order valence-electron chi connectivity index (χ0n) is 8.07. The predicted molar refractivity (Wildman–Crippen MR) is 53.1 cm³/mol. The van der Waals surface area contributed by atoms with E-state index in [1.807, 2.05) is 0 Å². The molecule has 1 N–H and O–H groups in total. The summed E-state index contributed by atoms with van der Waals surface area (Å²) in [5.41, 5.74) is 0.115. The van der Waals surface area contributed by atoms with Gasteiger partial charge in [-0.05, 0) is 13.8 Å². The molecule has 1 aliphatic heterocycles. The van der Waals surface area contributed by atoms with Crippen LogP contribution in [0.25, 0.3) is 0 Å². The lowest BCUT2D eigenvalue weighted by atomic mass is 10.2. The van der Waals surface area contributed by atoms with Crippen LogP contribution in [0.3, 0.4) is 0 Å². The second-order valence-corrected chi connectivity index (χ2v) is 4.39. The van der Waals surface area contributed by atoms with E-state index < -0.39 is 16.8 Å². The summed E-state index contributed by atoms with van der Waals surface area (Å²) < 4.78 is 16.0. The normalized spacial score (nSPS) is 21.9. The molecule has 0 radical (unpaired) electrons. The molecule has 0 amide bonds. The summed E-state index contributed by atoms with van der Waals surface area (Å²) in [5.74, 6) is -0.529. The van der Waals surface area contributed by atoms with E-state index in [0.717, 1.165) is 0 Å². The number of hydrogen-bond acceptors (Lipinski definition) is 4. The van der Waals surface area contributed by atoms with E-state index in [0.29, 0.717) is 4.91 Å². The fraction of sp³-hybridized carbons (Fsp3) is 0.444. The highest BCUT2D eigenvalue weighted by Gasteiger charge is 2.23. The van der Waals surface area contributed by atoms with Gasteiger partial charge in [-0.1, -0.05) is 6.08 Å². The maximum Gasteiger partial charge on any atom is 0.341 e. The van der Waals surface area contributed by atoms with Gasteiger partial charge in [-0.2, -0.15) is 0 Å². The number of aliphatic hydroxyl groups is 1. The van der Waals surface area contributed by atoms with Gasteiger partial charge < -0.3 is 9.84 Å². The van der Waals surface area contributed by atoms with Crippen molar-refractivity contribution in [3.63, 3.8) is 0 Å². The van der Waals surface area contributed by atoms with Crippen LogP contribution in [0.15, 0.2) is 22.3 Å². The average Bonchev–Trinajstić information content (AvgIpc) is 2.15. The van der Waals surface area contributed by atoms with Crippen LogP contribution in [0.1, 0.15) is 13.8 Å². The van der Waals surface area contributed by atoms with Crippen molar-refractivity contribution in [2.75, 3.05) is 12.4 Å². The molecular weight excluding hydrogens is 204 g/mol. The van der Waals surface area contributed by atoms with E-state index >= 15 is 0 Å². The monoisotopic (exact) mass is 216 g/mol. The summed E-state index contributed by atoms with van der Waals surface area (Å²) in [6.07, 6.45) is 1.44. The van der Waals surface area contributed by atoms with Crippen LogP contribution in [0.5, 0.6) is 0 Å². The first-order valence-electron chi connectivity index (χ1n) is 4.23. The Hall–Kier alpha value is -1.10. The summed E-state index contributed by atoms with van der Waals surface area (Å²) in [7, 11) is -1.21. The van der Waals surface area contributed by atoms with Gasteiger partial charge in [-0.25, -0.2) is 4.79 Å². The quantitative estimate of drug-likeness (QED) is 0.700. The average molecular weight is 216 g/mol. The van der Waals surface area contributed by atoms with Crippen LogP contribution in [0.4, 0.5) is 0 Å². The molecule has 1 rings (SSSR count). The van der Waals surface area contributed by atoms with E-state index in [4.69, 9.17) is 4.74 Å². The molecule has 0 fully saturated rings. The van der Waals surface area contributed by atoms with Crippen molar-refractivity contribution in [3.05, 3.63) is 22.3 Å². The molecule has 4 nitrogen and oxygen atoms in total. The molecule has 78 valence electrons. The summed E-state index contributed by atoms with van der Waals surface area (Å²) in [4.78, 5) is 11.6. The van der Waals surface area contributed by atoms with Crippen LogP contribution in [-0.4, -0.2) is 27.6 Å². The van der Waals surface area contributed by atoms with Gasteiger partial charge in [0, 0.05) is 5.75 Å². The van der Waals surface area contributed by atoms with E-state index in [1.54, 1.807) is 6.92 Å². The minimum Gasteiger partial charge on any atom is -0.506 e. The number of ether oxygens (including phenoxy) is 1. The molecule has 14 heavy (non-hydrogen) atoms. The first-order valence-corrected chi connectivity index (χ1v) is 5.55. The maximum atomic E-state index is 11.3. The number of esters is 1. The predicted octanol–water partition coefficient (Wildman–Crippen LogP) is 1.03. The molecule has 0 spiro atoms. The van der Waals surface area contributed by atoms with Crippen molar-refractivity contribution in [2.45, 2.75) is 13.8 Å². The smallest absolute Gasteiger partial charge is 0.341 e. The van der Waals surface area contributed by atoms with Crippen LogP contribution < -0.4 is 0 Å². The summed E-state index contributed by atoms with van der Waals surface area (Å²) >= 11 is 0. The SMILES string of the molecule is CCOC(=O)C1=CC[S@](=O)C(C)=C1O. The molecule has 0 aliphatic carbocycles. The molecule has 1 atom stereocenters. The van der Waals surface area contributed by atoms with E-state index in [1.165, 1.54) is 13.0 Å². The van der Waals surface area contributed by atoms with Gasteiger partial charge in [0.05, 0.1) is 27.9 Å². The van der Waals surface area contributed by atoms with Crippen molar-refractivity contribution in [3.8, 4) is 0 Å². The first kappa shape index (κ1) is 11.0. The number of carbonyl (C=O) groups is 1.